The summed E-state index contributed by atoms with van der Waals surface area (Å²) in [6.07, 6.45) is 0.469. The molecule has 0 saturated carbocycles. The Hall–Kier alpha value is -1.68. The molecule has 2 aromatic rings. The summed E-state index contributed by atoms with van der Waals surface area (Å²) in [5.74, 6) is 0.858. The lowest BCUT2D eigenvalue weighted by atomic mass is 10.2. The van der Waals surface area contributed by atoms with E-state index < -0.39 is 0 Å². The van der Waals surface area contributed by atoms with Gasteiger partial charge in [0.15, 0.2) is 0 Å². The predicted molar refractivity (Wildman–Crippen MR) is 57.4 cm³/mol. The molecule has 0 fully saturated rings. The Kier molecular flexibility index (Phi) is 3.01. The molecule has 16 heavy (non-hydrogen) atoms. The smallest absolute Gasteiger partial charge is 0.226 e. The molecule has 0 spiro atoms. The van der Waals surface area contributed by atoms with Gasteiger partial charge in [0.1, 0.15) is 11.6 Å². The van der Waals surface area contributed by atoms with Crippen LogP contribution in [0.15, 0.2) is 28.7 Å². The van der Waals surface area contributed by atoms with Crippen LogP contribution in [0.1, 0.15) is 11.5 Å². The molecule has 1 N–H and O–H groups in total. The monoisotopic (exact) mass is 221 g/mol. The Labute approximate surface area is 92.6 Å². The molecular weight excluding hydrogens is 209 g/mol. The highest BCUT2D eigenvalue weighted by atomic mass is 19.1. The van der Waals surface area contributed by atoms with E-state index in [-0.39, 0.29) is 12.4 Å². The number of aliphatic hydroxyl groups is 1. The van der Waals surface area contributed by atoms with Gasteiger partial charge in [-0.15, -0.1) is 0 Å². The van der Waals surface area contributed by atoms with Crippen LogP contribution in [-0.4, -0.2) is 16.7 Å². The minimum atomic E-state index is -0.289. The van der Waals surface area contributed by atoms with Gasteiger partial charge in [0.05, 0.1) is 5.69 Å². The van der Waals surface area contributed by atoms with E-state index in [2.05, 4.69) is 4.98 Å². The molecule has 0 radical (unpaired) electrons. The fourth-order valence-corrected chi connectivity index (χ4v) is 1.48. The maximum absolute atomic E-state index is 12.7. The zero-order chi connectivity index (χ0) is 11.5. The molecule has 1 aromatic heterocycles. The van der Waals surface area contributed by atoms with Crippen molar-refractivity contribution in [2.24, 2.45) is 0 Å². The first kappa shape index (κ1) is 10.8. The summed E-state index contributed by atoms with van der Waals surface area (Å²) in [7, 11) is 0. The van der Waals surface area contributed by atoms with Crippen molar-refractivity contribution in [1.82, 2.24) is 4.98 Å². The Morgan fingerprint density at radius 3 is 2.62 bits per heavy atom. The first-order valence-corrected chi connectivity index (χ1v) is 5.04. The SMILES string of the molecule is Cc1oc(-c2ccc(F)cc2)nc1CCO. The third-order valence-electron chi connectivity index (χ3n) is 2.33. The van der Waals surface area contributed by atoms with Gasteiger partial charge >= 0.3 is 0 Å². The summed E-state index contributed by atoms with van der Waals surface area (Å²) in [5, 5.41) is 8.83. The summed E-state index contributed by atoms with van der Waals surface area (Å²) >= 11 is 0. The number of hydrogen-bond donors (Lipinski definition) is 1. The van der Waals surface area contributed by atoms with Crippen LogP contribution in [0.25, 0.3) is 11.5 Å². The van der Waals surface area contributed by atoms with E-state index >= 15 is 0 Å². The van der Waals surface area contributed by atoms with E-state index in [9.17, 15) is 4.39 Å². The molecule has 0 amide bonds. The van der Waals surface area contributed by atoms with Crippen LogP contribution in [0.3, 0.4) is 0 Å². The second-order valence-electron chi connectivity index (χ2n) is 3.50. The molecule has 4 heteroatoms. The van der Waals surface area contributed by atoms with E-state index in [4.69, 9.17) is 9.52 Å². The number of aliphatic hydroxyl groups excluding tert-OH is 1. The van der Waals surface area contributed by atoms with Crippen molar-refractivity contribution in [2.75, 3.05) is 6.61 Å². The third-order valence-corrected chi connectivity index (χ3v) is 2.33. The number of benzene rings is 1. The van der Waals surface area contributed by atoms with Gasteiger partial charge in [-0.25, -0.2) is 9.37 Å². The van der Waals surface area contributed by atoms with Gasteiger partial charge in [0.2, 0.25) is 5.89 Å². The van der Waals surface area contributed by atoms with Gasteiger partial charge in [0.25, 0.3) is 0 Å². The van der Waals surface area contributed by atoms with E-state index in [0.717, 1.165) is 11.3 Å². The van der Waals surface area contributed by atoms with Crippen molar-refractivity contribution in [3.05, 3.63) is 41.5 Å². The number of oxazole rings is 1. The van der Waals surface area contributed by atoms with Gasteiger partial charge in [-0.2, -0.15) is 0 Å². The lowest BCUT2D eigenvalue weighted by Gasteiger charge is -1.93. The number of aromatic nitrogens is 1. The van der Waals surface area contributed by atoms with Crippen molar-refractivity contribution < 1.29 is 13.9 Å². The van der Waals surface area contributed by atoms with Crippen LogP contribution in [0.4, 0.5) is 4.39 Å². The van der Waals surface area contributed by atoms with Crippen LogP contribution in [0.5, 0.6) is 0 Å². The van der Waals surface area contributed by atoms with Gasteiger partial charge in [0, 0.05) is 18.6 Å². The van der Waals surface area contributed by atoms with Gasteiger partial charge < -0.3 is 9.52 Å². The molecule has 0 atom stereocenters. The van der Waals surface area contributed by atoms with E-state index in [0.29, 0.717) is 18.1 Å². The second-order valence-corrected chi connectivity index (χ2v) is 3.50. The van der Waals surface area contributed by atoms with Crippen molar-refractivity contribution in [3.63, 3.8) is 0 Å². The highest BCUT2D eigenvalue weighted by Crippen LogP contribution is 2.22. The predicted octanol–water partition coefficient (Wildman–Crippen LogP) is 2.32. The fraction of sp³-hybridized carbons (Fsp3) is 0.250. The minimum Gasteiger partial charge on any atom is -0.441 e. The number of hydrogen-bond acceptors (Lipinski definition) is 3. The number of halogens is 1. The average Bonchev–Trinajstić information content (AvgIpc) is 2.62. The van der Waals surface area contributed by atoms with Crippen molar-refractivity contribution >= 4 is 0 Å². The van der Waals surface area contributed by atoms with Crippen LogP contribution >= 0.6 is 0 Å². The number of aryl methyl sites for hydroxylation is 1. The zero-order valence-electron chi connectivity index (χ0n) is 8.90. The van der Waals surface area contributed by atoms with Crippen LogP contribution in [0, 0.1) is 12.7 Å². The second kappa shape index (κ2) is 4.45. The minimum absolute atomic E-state index is 0.0379. The Balaban J connectivity index is 2.33. The summed E-state index contributed by atoms with van der Waals surface area (Å²) in [4.78, 5) is 4.25. The van der Waals surface area contributed by atoms with Gasteiger partial charge in [-0.05, 0) is 31.2 Å². The molecule has 0 aliphatic rings. The molecule has 0 bridgehead atoms. The van der Waals surface area contributed by atoms with Crippen LogP contribution in [0.2, 0.25) is 0 Å². The van der Waals surface area contributed by atoms with Crippen molar-refractivity contribution in [1.29, 1.82) is 0 Å². The number of rotatable bonds is 3. The molecule has 0 aliphatic carbocycles. The van der Waals surface area contributed by atoms with Gasteiger partial charge in [-0.3, -0.25) is 0 Å². The topological polar surface area (TPSA) is 46.3 Å². The first-order chi connectivity index (χ1) is 7.70. The van der Waals surface area contributed by atoms with Crippen LogP contribution < -0.4 is 0 Å². The first-order valence-electron chi connectivity index (χ1n) is 5.04. The van der Waals surface area contributed by atoms with Gasteiger partial charge in [-0.1, -0.05) is 0 Å². The maximum atomic E-state index is 12.7. The zero-order valence-corrected chi connectivity index (χ0v) is 8.90. The molecule has 0 unspecified atom stereocenters. The quantitative estimate of drug-likeness (QED) is 0.865. The molecule has 1 heterocycles. The van der Waals surface area contributed by atoms with E-state index in [1.165, 1.54) is 12.1 Å². The summed E-state index contributed by atoms with van der Waals surface area (Å²) in [5.41, 5.74) is 1.47. The van der Waals surface area contributed by atoms with E-state index in [1.54, 1.807) is 19.1 Å². The van der Waals surface area contributed by atoms with Crippen molar-refractivity contribution in [2.45, 2.75) is 13.3 Å². The summed E-state index contributed by atoms with van der Waals surface area (Å²) in [6.45, 7) is 1.83. The highest BCUT2D eigenvalue weighted by molar-refractivity contribution is 5.53. The molecule has 84 valence electrons. The average molecular weight is 221 g/mol. The van der Waals surface area contributed by atoms with E-state index in [1.807, 2.05) is 0 Å². The number of nitrogens with zero attached hydrogens (tertiary/aromatic N) is 1. The molecule has 3 nitrogen and oxygen atoms in total. The molecule has 0 aliphatic heterocycles. The Bertz CT molecular complexity index is 476. The van der Waals surface area contributed by atoms with Crippen LogP contribution in [-0.2, 0) is 6.42 Å². The molecule has 2 rings (SSSR count). The highest BCUT2D eigenvalue weighted by Gasteiger charge is 2.10. The molecular formula is C12H12FNO2. The standard InChI is InChI=1S/C12H12FNO2/c1-8-11(6-7-15)14-12(16-8)9-2-4-10(13)5-3-9/h2-5,15H,6-7H2,1H3. The third kappa shape index (κ3) is 2.12. The summed E-state index contributed by atoms with van der Waals surface area (Å²) < 4.78 is 18.2. The maximum Gasteiger partial charge on any atom is 0.226 e. The summed E-state index contributed by atoms with van der Waals surface area (Å²) in [6, 6.07) is 5.95. The lowest BCUT2D eigenvalue weighted by Crippen LogP contribution is -1.92. The largest absolute Gasteiger partial charge is 0.441 e. The Morgan fingerprint density at radius 1 is 1.31 bits per heavy atom. The fourth-order valence-electron chi connectivity index (χ4n) is 1.48. The lowest BCUT2D eigenvalue weighted by molar-refractivity contribution is 0.297. The Morgan fingerprint density at radius 2 is 2.00 bits per heavy atom. The van der Waals surface area contributed by atoms with Crippen molar-refractivity contribution in [3.8, 4) is 11.5 Å². The normalized spacial score (nSPS) is 10.7. The molecule has 0 saturated heterocycles. The molecule has 1 aromatic carbocycles.